The van der Waals surface area contributed by atoms with E-state index in [-0.39, 0.29) is 11.3 Å². The van der Waals surface area contributed by atoms with Crippen molar-refractivity contribution in [3.8, 4) is 0 Å². The lowest BCUT2D eigenvalue weighted by atomic mass is 10.2. The van der Waals surface area contributed by atoms with Crippen LogP contribution < -0.4 is 10.3 Å². The molecule has 98 valence electrons. The van der Waals surface area contributed by atoms with Gasteiger partial charge < -0.3 is 4.98 Å². The first kappa shape index (κ1) is 12.4. The summed E-state index contributed by atoms with van der Waals surface area (Å²) in [5, 5.41) is 1.45. The first-order valence-corrected chi connectivity index (χ1v) is 7.29. The second-order valence-electron chi connectivity index (χ2n) is 4.79. The number of nitrogens with zero attached hydrogens (tertiary/aromatic N) is 1. The Hall–Kier alpha value is -1.62. The maximum atomic E-state index is 12.0. The molecule has 2 aromatic rings. The number of fused-ring (bicyclic) bond motifs is 1. The van der Waals surface area contributed by atoms with Crippen molar-refractivity contribution in [2.75, 3.05) is 16.8 Å². The highest BCUT2D eigenvalue weighted by atomic mass is 79.9. The van der Waals surface area contributed by atoms with Crippen LogP contribution in [-0.2, 0) is 4.79 Å². The van der Waals surface area contributed by atoms with E-state index in [1.54, 1.807) is 11.0 Å². The second kappa shape index (κ2) is 4.81. The minimum atomic E-state index is -0.0561. The number of aromatic nitrogens is 1. The highest BCUT2D eigenvalue weighted by Crippen LogP contribution is 2.24. The second-order valence-corrected chi connectivity index (χ2v) is 5.44. The number of alkyl halides is 1. The highest BCUT2D eigenvalue weighted by molar-refractivity contribution is 9.09. The van der Waals surface area contributed by atoms with Crippen molar-refractivity contribution in [2.24, 2.45) is 5.92 Å². The maximum absolute atomic E-state index is 12.0. The first-order chi connectivity index (χ1) is 9.19. The number of carbonyl (C=O) groups excluding carboxylic acids is 1. The fourth-order valence-electron chi connectivity index (χ4n) is 2.45. The number of pyridine rings is 1. The highest BCUT2D eigenvalue weighted by Gasteiger charge is 2.30. The van der Waals surface area contributed by atoms with Gasteiger partial charge in [-0.1, -0.05) is 28.1 Å². The number of para-hydroxylation sites is 1. The minimum absolute atomic E-state index is 0.0561. The molecule has 0 radical (unpaired) electrons. The zero-order chi connectivity index (χ0) is 13.4. The molecule has 0 aliphatic carbocycles. The lowest BCUT2D eigenvalue weighted by Crippen LogP contribution is -2.26. The summed E-state index contributed by atoms with van der Waals surface area (Å²) in [5.41, 5.74) is 0.708. The van der Waals surface area contributed by atoms with Gasteiger partial charge in [0.1, 0.15) is 5.82 Å². The lowest BCUT2D eigenvalue weighted by molar-refractivity contribution is -0.117. The predicted molar refractivity (Wildman–Crippen MR) is 78.8 cm³/mol. The van der Waals surface area contributed by atoms with Crippen LogP contribution in [0.1, 0.15) is 6.42 Å². The zero-order valence-corrected chi connectivity index (χ0v) is 11.8. The molecule has 1 aromatic carbocycles. The number of amides is 1. The maximum Gasteiger partial charge on any atom is 0.228 e. The van der Waals surface area contributed by atoms with Gasteiger partial charge in [-0.2, -0.15) is 0 Å². The van der Waals surface area contributed by atoms with E-state index in [0.717, 1.165) is 10.8 Å². The van der Waals surface area contributed by atoms with Gasteiger partial charge in [0, 0.05) is 29.7 Å². The van der Waals surface area contributed by atoms with Gasteiger partial charge in [0.05, 0.1) is 5.52 Å². The van der Waals surface area contributed by atoms with Crippen molar-refractivity contribution in [1.82, 2.24) is 4.98 Å². The van der Waals surface area contributed by atoms with Crippen LogP contribution in [0.25, 0.3) is 10.9 Å². The van der Waals surface area contributed by atoms with Crippen LogP contribution >= 0.6 is 15.9 Å². The zero-order valence-electron chi connectivity index (χ0n) is 10.2. The molecule has 1 aromatic heterocycles. The number of hydrogen-bond donors (Lipinski definition) is 1. The molecular formula is C14H13BrN2O2. The average molecular weight is 321 g/mol. The van der Waals surface area contributed by atoms with Crippen LogP contribution in [0.5, 0.6) is 0 Å². The molecule has 5 heteroatoms. The molecule has 1 aliphatic rings. The van der Waals surface area contributed by atoms with E-state index in [1.807, 2.05) is 18.2 Å². The molecule has 3 rings (SSSR count). The molecule has 1 aliphatic heterocycles. The van der Waals surface area contributed by atoms with Crippen molar-refractivity contribution < 1.29 is 4.79 Å². The third-order valence-electron chi connectivity index (χ3n) is 3.44. The van der Waals surface area contributed by atoms with Crippen molar-refractivity contribution in [3.63, 3.8) is 0 Å². The SMILES string of the molecule is O=C1CC(CBr)CN1c1cc(=O)c2ccccc2[nH]1. The number of carbonyl (C=O) groups is 1. The van der Waals surface area contributed by atoms with Crippen LogP contribution in [0.15, 0.2) is 35.1 Å². The quantitative estimate of drug-likeness (QED) is 0.863. The molecule has 1 N–H and O–H groups in total. The van der Waals surface area contributed by atoms with E-state index in [9.17, 15) is 9.59 Å². The lowest BCUT2D eigenvalue weighted by Gasteiger charge is -2.16. The van der Waals surface area contributed by atoms with Gasteiger partial charge in [-0.25, -0.2) is 0 Å². The number of benzene rings is 1. The van der Waals surface area contributed by atoms with Crippen molar-refractivity contribution >= 4 is 38.6 Å². The molecule has 0 saturated carbocycles. The molecule has 2 heterocycles. The van der Waals surface area contributed by atoms with Crippen LogP contribution in [0, 0.1) is 5.92 Å². The largest absolute Gasteiger partial charge is 0.341 e. The molecule has 1 saturated heterocycles. The van der Waals surface area contributed by atoms with E-state index in [4.69, 9.17) is 0 Å². The van der Waals surface area contributed by atoms with E-state index >= 15 is 0 Å². The predicted octanol–water partition coefficient (Wildman–Crippen LogP) is 2.28. The average Bonchev–Trinajstić information content (AvgIpc) is 2.80. The Bertz CT molecular complexity index is 695. The molecule has 4 nitrogen and oxygen atoms in total. The summed E-state index contributed by atoms with van der Waals surface area (Å²) >= 11 is 3.41. The topological polar surface area (TPSA) is 53.2 Å². The smallest absolute Gasteiger partial charge is 0.228 e. The molecule has 0 bridgehead atoms. The number of nitrogens with one attached hydrogen (secondary N) is 1. The van der Waals surface area contributed by atoms with E-state index in [0.29, 0.717) is 30.1 Å². The molecule has 1 unspecified atom stereocenters. The Morgan fingerprint density at radius 2 is 2.11 bits per heavy atom. The van der Waals surface area contributed by atoms with Gasteiger partial charge in [0.25, 0.3) is 0 Å². The van der Waals surface area contributed by atoms with E-state index < -0.39 is 0 Å². The van der Waals surface area contributed by atoms with Gasteiger partial charge in [-0.3, -0.25) is 14.5 Å². The van der Waals surface area contributed by atoms with Gasteiger partial charge in [0.15, 0.2) is 5.43 Å². The third kappa shape index (κ3) is 2.18. The Labute approximate surface area is 118 Å². The van der Waals surface area contributed by atoms with Crippen molar-refractivity contribution in [1.29, 1.82) is 0 Å². The number of anilines is 1. The Balaban J connectivity index is 2.07. The first-order valence-electron chi connectivity index (χ1n) is 6.17. The summed E-state index contributed by atoms with van der Waals surface area (Å²) in [6.45, 7) is 0.651. The Morgan fingerprint density at radius 3 is 2.84 bits per heavy atom. The number of rotatable bonds is 2. The molecular weight excluding hydrogens is 308 g/mol. The Kier molecular flexibility index (Phi) is 3.14. The van der Waals surface area contributed by atoms with E-state index in [2.05, 4.69) is 20.9 Å². The summed E-state index contributed by atoms with van der Waals surface area (Å²) in [6.07, 6.45) is 0.528. The fraction of sp³-hybridized carbons (Fsp3) is 0.286. The molecule has 1 atom stereocenters. The number of hydrogen-bond acceptors (Lipinski definition) is 2. The summed E-state index contributed by atoms with van der Waals surface area (Å²) in [5.74, 6) is 0.968. The standard InChI is InChI=1S/C14H13BrN2O2/c15-7-9-5-14(19)17(8-9)13-6-12(18)10-3-1-2-4-11(10)16-13/h1-4,6,9H,5,7-8H2,(H,16,18). The number of H-pyrrole nitrogens is 1. The van der Waals surface area contributed by atoms with Crippen molar-refractivity contribution in [3.05, 3.63) is 40.6 Å². The van der Waals surface area contributed by atoms with E-state index in [1.165, 1.54) is 6.07 Å². The van der Waals surface area contributed by atoms with Crippen molar-refractivity contribution in [2.45, 2.75) is 6.42 Å². The molecule has 0 spiro atoms. The monoisotopic (exact) mass is 320 g/mol. The van der Waals surface area contributed by atoms with Crippen LogP contribution in [0.4, 0.5) is 5.82 Å². The summed E-state index contributed by atoms with van der Waals surface area (Å²) in [4.78, 5) is 28.9. The molecule has 19 heavy (non-hydrogen) atoms. The molecule has 1 fully saturated rings. The summed E-state index contributed by atoms with van der Waals surface area (Å²) < 4.78 is 0. The Morgan fingerprint density at radius 1 is 1.32 bits per heavy atom. The van der Waals surface area contributed by atoms with Crippen LogP contribution in [0.3, 0.4) is 0 Å². The summed E-state index contributed by atoms with van der Waals surface area (Å²) in [6, 6.07) is 8.85. The van der Waals surface area contributed by atoms with Gasteiger partial charge >= 0.3 is 0 Å². The van der Waals surface area contributed by atoms with Gasteiger partial charge in [-0.15, -0.1) is 0 Å². The minimum Gasteiger partial charge on any atom is -0.341 e. The normalized spacial score (nSPS) is 19.3. The third-order valence-corrected chi connectivity index (χ3v) is 4.35. The van der Waals surface area contributed by atoms with Crippen LogP contribution in [-0.4, -0.2) is 22.8 Å². The fourth-order valence-corrected chi connectivity index (χ4v) is 2.88. The summed E-state index contributed by atoms with van der Waals surface area (Å²) in [7, 11) is 0. The number of halogens is 1. The van der Waals surface area contributed by atoms with Gasteiger partial charge in [0.2, 0.25) is 5.91 Å². The van der Waals surface area contributed by atoms with Crippen LogP contribution in [0.2, 0.25) is 0 Å². The number of aromatic amines is 1. The molecule has 1 amide bonds. The van der Waals surface area contributed by atoms with Gasteiger partial charge in [-0.05, 0) is 18.1 Å².